The van der Waals surface area contributed by atoms with Crippen molar-refractivity contribution in [2.45, 2.75) is 32.1 Å². The minimum atomic E-state index is 0.135. The molecule has 0 radical (unpaired) electrons. The third-order valence-electron chi connectivity index (χ3n) is 4.82. The van der Waals surface area contributed by atoms with E-state index in [2.05, 4.69) is 9.97 Å². The first kappa shape index (κ1) is 16.7. The Kier molecular flexibility index (Phi) is 4.93. The molecule has 4 rings (SSSR count). The average Bonchev–Trinajstić information content (AvgIpc) is 3.10. The van der Waals surface area contributed by atoms with E-state index in [-0.39, 0.29) is 12.0 Å². The van der Waals surface area contributed by atoms with Crippen molar-refractivity contribution in [1.82, 2.24) is 19.4 Å². The van der Waals surface area contributed by atoms with Gasteiger partial charge >= 0.3 is 0 Å². The van der Waals surface area contributed by atoms with Gasteiger partial charge < -0.3 is 14.2 Å². The SMILES string of the molecule is O=C(Cn1cnc2ccccc21)N1CCC(OCc2ccccn2)CC1. The van der Waals surface area contributed by atoms with Gasteiger partial charge in [-0.1, -0.05) is 18.2 Å². The first-order valence-electron chi connectivity index (χ1n) is 8.99. The maximum absolute atomic E-state index is 12.6. The van der Waals surface area contributed by atoms with Crippen molar-refractivity contribution in [2.75, 3.05) is 13.1 Å². The fourth-order valence-corrected chi connectivity index (χ4v) is 3.34. The molecule has 3 heterocycles. The Labute approximate surface area is 152 Å². The standard InChI is InChI=1S/C20H22N4O2/c25-20(13-24-15-22-18-6-1-2-7-19(18)24)23-11-8-17(9-12-23)26-14-16-5-3-4-10-21-16/h1-7,10,15,17H,8-9,11-14H2. The minimum Gasteiger partial charge on any atom is -0.372 e. The zero-order valence-corrected chi connectivity index (χ0v) is 14.6. The highest BCUT2D eigenvalue weighted by molar-refractivity contribution is 5.80. The van der Waals surface area contributed by atoms with Gasteiger partial charge in [0.1, 0.15) is 6.54 Å². The van der Waals surface area contributed by atoms with Gasteiger partial charge in [-0.25, -0.2) is 4.98 Å². The molecule has 1 amide bonds. The van der Waals surface area contributed by atoms with E-state index < -0.39 is 0 Å². The van der Waals surface area contributed by atoms with E-state index in [1.54, 1.807) is 12.5 Å². The number of fused-ring (bicyclic) bond motifs is 1. The number of carbonyl (C=O) groups is 1. The highest BCUT2D eigenvalue weighted by Crippen LogP contribution is 2.17. The summed E-state index contributed by atoms with van der Waals surface area (Å²) >= 11 is 0. The lowest BCUT2D eigenvalue weighted by molar-refractivity contribution is -0.134. The normalized spacial score (nSPS) is 15.5. The average molecular weight is 350 g/mol. The molecule has 0 spiro atoms. The molecule has 2 aromatic heterocycles. The molecule has 1 saturated heterocycles. The summed E-state index contributed by atoms with van der Waals surface area (Å²) in [7, 11) is 0. The number of nitrogens with zero attached hydrogens (tertiary/aromatic N) is 4. The molecular formula is C20H22N4O2. The Hall–Kier alpha value is -2.73. The fourth-order valence-electron chi connectivity index (χ4n) is 3.34. The van der Waals surface area contributed by atoms with Crippen LogP contribution in [0.25, 0.3) is 11.0 Å². The monoisotopic (exact) mass is 350 g/mol. The topological polar surface area (TPSA) is 60.2 Å². The van der Waals surface area contributed by atoms with Crippen molar-refractivity contribution in [3.63, 3.8) is 0 Å². The number of ether oxygens (including phenoxy) is 1. The van der Waals surface area contributed by atoms with Gasteiger partial charge in [0, 0.05) is 19.3 Å². The molecule has 0 unspecified atom stereocenters. The molecule has 1 aromatic carbocycles. The third kappa shape index (κ3) is 3.75. The van der Waals surface area contributed by atoms with Gasteiger partial charge in [0.15, 0.2) is 0 Å². The Morgan fingerprint density at radius 3 is 2.69 bits per heavy atom. The number of amides is 1. The number of pyridine rings is 1. The van der Waals surface area contributed by atoms with Gasteiger partial charge in [-0.05, 0) is 37.1 Å². The number of aromatic nitrogens is 3. The van der Waals surface area contributed by atoms with Crippen LogP contribution in [0.3, 0.4) is 0 Å². The Morgan fingerprint density at radius 2 is 1.88 bits per heavy atom. The summed E-state index contributed by atoms with van der Waals surface area (Å²) in [6.07, 6.45) is 5.44. The van der Waals surface area contributed by atoms with Gasteiger partial charge in [0.2, 0.25) is 5.91 Å². The summed E-state index contributed by atoms with van der Waals surface area (Å²) in [5.41, 5.74) is 2.86. The molecule has 1 aliphatic rings. The first-order valence-corrected chi connectivity index (χ1v) is 8.99. The maximum atomic E-state index is 12.6. The molecular weight excluding hydrogens is 328 g/mol. The Balaban J connectivity index is 1.28. The van der Waals surface area contributed by atoms with E-state index in [0.29, 0.717) is 13.2 Å². The third-order valence-corrected chi connectivity index (χ3v) is 4.82. The van der Waals surface area contributed by atoms with Crippen LogP contribution in [-0.2, 0) is 22.7 Å². The molecule has 0 bridgehead atoms. The Morgan fingerprint density at radius 1 is 1.08 bits per heavy atom. The van der Waals surface area contributed by atoms with E-state index in [0.717, 1.165) is 42.7 Å². The van der Waals surface area contributed by atoms with Crippen LogP contribution in [0, 0.1) is 0 Å². The number of hydrogen-bond donors (Lipinski definition) is 0. The fraction of sp³-hybridized carbons (Fsp3) is 0.350. The van der Waals surface area contributed by atoms with Crippen molar-refractivity contribution in [2.24, 2.45) is 0 Å². The molecule has 6 nitrogen and oxygen atoms in total. The smallest absolute Gasteiger partial charge is 0.242 e. The number of imidazole rings is 1. The molecule has 3 aromatic rings. The van der Waals surface area contributed by atoms with Crippen molar-refractivity contribution in [3.05, 3.63) is 60.7 Å². The number of benzene rings is 1. The summed E-state index contributed by atoms with van der Waals surface area (Å²) in [6.45, 7) is 2.33. The van der Waals surface area contributed by atoms with Crippen molar-refractivity contribution >= 4 is 16.9 Å². The molecule has 26 heavy (non-hydrogen) atoms. The second-order valence-electron chi connectivity index (χ2n) is 6.57. The van der Waals surface area contributed by atoms with Gasteiger partial charge in [-0.3, -0.25) is 9.78 Å². The van der Waals surface area contributed by atoms with Crippen LogP contribution in [0.2, 0.25) is 0 Å². The van der Waals surface area contributed by atoms with Gasteiger partial charge in [-0.2, -0.15) is 0 Å². The zero-order valence-electron chi connectivity index (χ0n) is 14.6. The van der Waals surface area contributed by atoms with Crippen molar-refractivity contribution in [3.8, 4) is 0 Å². The number of likely N-dealkylation sites (tertiary alicyclic amines) is 1. The summed E-state index contributed by atoms with van der Waals surface area (Å²) < 4.78 is 7.86. The van der Waals surface area contributed by atoms with Crippen LogP contribution in [0.4, 0.5) is 0 Å². The number of piperidine rings is 1. The number of hydrogen-bond acceptors (Lipinski definition) is 4. The van der Waals surface area contributed by atoms with Crippen LogP contribution >= 0.6 is 0 Å². The van der Waals surface area contributed by atoms with E-state index in [1.165, 1.54) is 0 Å². The van der Waals surface area contributed by atoms with Crippen LogP contribution in [0.15, 0.2) is 55.0 Å². The minimum absolute atomic E-state index is 0.135. The van der Waals surface area contributed by atoms with Crippen LogP contribution in [-0.4, -0.2) is 44.5 Å². The molecule has 0 aliphatic carbocycles. The van der Waals surface area contributed by atoms with E-state index in [4.69, 9.17) is 4.74 Å². The van der Waals surface area contributed by atoms with E-state index in [9.17, 15) is 4.79 Å². The van der Waals surface area contributed by atoms with Gasteiger partial charge in [-0.15, -0.1) is 0 Å². The molecule has 6 heteroatoms. The lowest BCUT2D eigenvalue weighted by Gasteiger charge is -2.32. The summed E-state index contributed by atoms with van der Waals surface area (Å²) in [4.78, 5) is 23.2. The molecule has 0 saturated carbocycles. The summed E-state index contributed by atoms with van der Waals surface area (Å²) in [5.74, 6) is 0.135. The first-order chi connectivity index (χ1) is 12.8. The maximum Gasteiger partial charge on any atom is 0.242 e. The summed E-state index contributed by atoms with van der Waals surface area (Å²) in [5, 5.41) is 0. The lowest BCUT2D eigenvalue weighted by atomic mass is 10.1. The highest BCUT2D eigenvalue weighted by atomic mass is 16.5. The molecule has 134 valence electrons. The zero-order chi connectivity index (χ0) is 17.8. The van der Waals surface area contributed by atoms with Crippen LogP contribution in [0.1, 0.15) is 18.5 Å². The predicted octanol–water partition coefficient (Wildman–Crippen LogP) is 2.64. The lowest BCUT2D eigenvalue weighted by Crippen LogP contribution is -2.42. The van der Waals surface area contributed by atoms with Crippen LogP contribution in [0.5, 0.6) is 0 Å². The predicted molar refractivity (Wildman–Crippen MR) is 98.4 cm³/mol. The number of rotatable bonds is 5. The highest BCUT2D eigenvalue weighted by Gasteiger charge is 2.23. The molecule has 0 N–H and O–H groups in total. The van der Waals surface area contributed by atoms with Crippen molar-refractivity contribution in [1.29, 1.82) is 0 Å². The van der Waals surface area contributed by atoms with Gasteiger partial charge in [0.25, 0.3) is 0 Å². The van der Waals surface area contributed by atoms with E-state index in [1.807, 2.05) is 51.9 Å². The van der Waals surface area contributed by atoms with E-state index >= 15 is 0 Å². The molecule has 0 atom stereocenters. The van der Waals surface area contributed by atoms with Crippen molar-refractivity contribution < 1.29 is 9.53 Å². The number of para-hydroxylation sites is 2. The molecule has 1 fully saturated rings. The van der Waals surface area contributed by atoms with Gasteiger partial charge in [0.05, 0.1) is 35.8 Å². The number of carbonyl (C=O) groups excluding carboxylic acids is 1. The molecule has 1 aliphatic heterocycles. The summed E-state index contributed by atoms with van der Waals surface area (Å²) in [6, 6.07) is 13.7. The second-order valence-corrected chi connectivity index (χ2v) is 6.57. The van der Waals surface area contributed by atoms with Crippen LogP contribution < -0.4 is 0 Å². The Bertz CT molecular complexity index is 870. The second kappa shape index (κ2) is 7.66. The quantitative estimate of drug-likeness (QED) is 0.710. The largest absolute Gasteiger partial charge is 0.372 e.